The number of alkyl carbamates (subject to hydrolysis) is 1. The number of nitrogens with one attached hydrogen (secondary N) is 1. The average molecular weight is 452 g/mol. The van der Waals surface area contributed by atoms with Crippen LogP contribution in [-0.4, -0.2) is 40.4 Å². The van der Waals surface area contributed by atoms with Gasteiger partial charge < -0.3 is 19.4 Å². The maximum atomic E-state index is 11.8. The van der Waals surface area contributed by atoms with Crippen LogP contribution < -0.4 is 5.32 Å². The van der Waals surface area contributed by atoms with Crippen molar-refractivity contribution >= 4 is 28.0 Å². The van der Waals surface area contributed by atoms with Crippen LogP contribution in [0.1, 0.15) is 33.4 Å². The Hall–Kier alpha value is -2.35. The van der Waals surface area contributed by atoms with Crippen molar-refractivity contribution in [3.63, 3.8) is 0 Å². The molecule has 28 heavy (non-hydrogen) atoms. The van der Waals surface area contributed by atoms with E-state index in [4.69, 9.17) is 9.47 Å². The number of hydrogen-bond acceptors (Lipinski definition) is 5. The molecule has 0 unspecified atom stereocenters. The van der Waals surface area contributed by atoms with Gasteiger partial charge in [-0.25, -0.2) is 9.78 Å². The Morgan fingerprint density at radius 1 is 1.21 bits per heavy atom. The third-order valence-electron chi connectivity index (χ3n) is 3.58. The summed E-state index contributed by atoms with van der Waals surface area (Å²) in [5.41, 5.74) is 0.985. The van der Waals surface area contributed by atoms with E-state index >= 15 is 0 Å². The van der Waals surface area contributed by atoms with Crippen LogP contribution >= 0.6 is 15.9 Å². The number of hydrogen-bond donors (Lipinski definition) is 1. The normalized spacial score (nSPS) is 11.2. The van der Waals surface area contributed by atoms with E-state index in [0.717, 1.165) is 15.9 Å². The summed E-state index contributed by atoms with van der Waals surface area (Å²) in [6.45, 7) is 8.40. The Balaban J connectivity index is 2.13. The van der Waals surface area contributed by atoms with Gasteiger partial charge in [0.1, 0.15) is 11.4 Å². The highest BCUT2D eigenvalue weighted by Crippen LogP contribution is 2.22. The number of imidazole rings is 1. The minimum absolute atomic E-state index is 0.101. The number of esters is 1. The van der Waals surface area contributed by atoms with Gasteiger partial charge in [-0.1, -0.05) is 28.1 Å². The molecule has 0 fully saturated rings. The molecule has 1 aromatic heterocycles. The second-order valence-electron chi connectivity index (χ2n) is 7.17. The first-order chi connectivity index (χ1) is 13.2. The fourth-order valence-electron chi connectivity index (χ4n) is 2.51. The van der Waals surface area contributed by atoms with Gasteiger partial charge in [0.05, 0.1) is 18.7 Å². The van der Waals surface area contributed by atoms with Crippen molar-refractivity contribution < 1.29 is 19.1 Å². The van der Waals surface area contributed by atoms with E-state index in [-0.39, 0.29) is 12.4 Å². The molecule has 1 aromatic carbocycles. The van der Waals surface area contributed by atoms with Crippen molar-refractivity contribution in [2.24, 2.45) is 0 Å². The van der Waals surface area contributed by atoms with Gasteiger partial charge in [-0.05, 0) is 39.8 Å². The number of carbonyl (C=O) groups is 2. The van der Waals surface area contributed by atoms with Crippen LogP contribution in [0.15, 0.2) is 34.9 Å². The molecule has 0 aliphatic rings. The molecule has 1 amide bonds. The van der Waals surface area contributed by atoms with Crippen molar-refractivity contribution in [1.29, 1.82) is 0 Å². The zero-order chi connectivity index (χ0) is 20.7. The van der Waals surface area contributed by atoms with Gasteiger partial charge >= 0.3 is 12.1 Å². The number of halogens is 1. The smallest absolute Gasteiger partial charge is 0.407 e. The lowest BCUT2D eigenvalue weighted by molar-refractivity contribution is -0.142. The predicted molar refractivity (Wildman–Crippen MR) is 110 cm³/mol. The van der Waals surface area contributed by atoms with Gasteiger partial charge in [0.25, 0.3) is 0 Å². The van der Waals surface area contributed by atoms with Gasteiger partial charge in [0.2, 0.25) is 0 Å². The molecule has 2 aromatic rings. The first kappa shape index (κ1) is 21.9. The lowest BCUT2D eigenvalue weighted by Gasteiger charge is -2.19. The Bertz CT molecular complexity index is 810. The molecule has 1 heterocycles. The second kappa shape index (κ2) is 9.73. The van der Waals surface area contributed by atoms with Crippen LogP contribution in [0.2, 0.25) is 0 Å². The van der Waals surface area contributed by atoms with Gasteiger partial charge in [0.15, 0.2) is 0 Å². The average Bonchev–Trinajstić information content (AvgIpc) is 2.96. The summed E-state index contributed by atoms with van der Waals surface area (Å²) in [4.78, 5) is 28.2. The molecule has 1 N–H and O–H groups in total. The van der Waals surface area contributed by atoms with E-state index in [1.165, 1.54) is 0 Å². The quantitative estimate of drug-likeness (QED) is 0.644. The molecule has 0 aliphatic heterocycles. The second-order valence-corrected chi connectivity index (χ2v) is 8.08. The molecular weight excluding hydrogens is 426 g/mol. The minimum atomic E-state index is -0.547. The number of ether oxygens (including phenoxy) is 2. The summed E-state index contributed by atoms with van der Waals surface area (Å²) in [5, 5.41) is 2.74. The van der Waals surface area contributed by atoms with Crippen molar-refractivity contribution in [1.82, 2.24) is 14.9 Å². The molecular formula is C20H26BrN3O4. The first-order valence-corrected chi connectivity index (χ1v) is 9.91. The molecule has 0 saturated heterocycles. The first-order valence-electron chi connectivity index (χ1n) is 9.12. The van der Waals surface area contributed by atoms with Crippen LogP contribution in [0.25, 0.3) is 11.4 Å². The highest BCUT2D eigenvalue weighted by atomic mass is 79.9. The van der Waals surface area contributed by atoms with Crippen molar-refractivity contribution in [2.45, 2.75) is 46.3 Å². The Kier molecular flexibility index (Phi) is 7.62. The monoisotopic (exact) mass is 451 g/mol. The Labute approximate surface area is 173 Å². The van der Waals surface area contributed by atoms with Gasteiger partial charge in [-0.2, -0.15) is 0 Å². The van der Waals surface area contributed by atoms with E-state index in [2.05, 4.69) is 26.2 Å². The molecule has 0 radical (unpaired) electrons. The maximum absolute atomic E-state index is 11.8. The summed E-state index contributed by atoms with van der Waals surface area (Å²) in [6.07, 6.45) is 1.44. The van der Waals surface area contributed by atoms with Gasteiger partial charge in [-0.15, -0.1) is 0 Å². The third-order valence-corrected chi connectivity index (χ3v) is 4.11. The lowest BCUT2D eigenvalue weighted by Crippen LogP contribution is -2.34. The zero-order valence-corrected chi connectivity index (χ0v) is 18.2. The zero-order valence-electron chi connectivity index (χ0n) is 16.6. The van der Waals surface area contributed by atoms with E-state index in [9.17, 15) is 9.59 Å². The maximum Gasteiger partial charge on any atom is 0.407 e. The fourth-order valence-corrected chi connectivity index (χ4v) is 2.77. The SMILES string of the molecule is CCOC(=O)Cc1cn(CCNC(=O)OC(C)(C)C)c(-c2ccc(Br)cc2)n1. The van der Waals surface area contributed by atoms with E-state index < -0.39 is 11.7 Å². The summed E-state index contributed by atoms with van der Waals surface area (Å²) < 4.78 is 13.1. The fraction of sp³-hybridized carbons (Fsp3) is 0.450. The highest BCUT2D eigenvalue weighted by Gasteiger charge is 2.17. The van der Waals surface area contributed by atoms with E-state index in [1.807, 2.05) is 55.8 Å². The van der Waals surface area contributed by atoms with Crippen LogP contribution in [0.4, 0.5) is 4.79 Å². The largest absolute Gasteiger partial charge is 0.466 e. The van der Waals surface area contributed by atoms with Gasteiger partial charge in [-0.3, -0.25) is 4.79 Å². The Morgan fingerprint density at radius 3 is 2.50 bits per heavy atom. The molecule has 0 bridgehead atoms. The molecule has 152 valence electrons. The lowest BCUT2D eigenvalue weighted by atomic mass is 10.2. The van der Waals surface area contributed by atoms with Crippen molar-refractivity contribution in [2.75, 3.05) is 13.2 Å². The standard InChI is InChI=1S/C20H26BrN3O4/c1-5-27-17(25)12-16-13-24(11-10-22-19(26)28-20(2,3)4)18(23-16)14-6-8-15(21)9-7-14/h6-9,13H,5,10-12H2,1-4H3,(H,22,26). The topological polar surface area (TPSA) is 82.5 Å². The number of amides is 1. The number of aromatic nitrogens is 2. The van der Waals surface area contributed by atoms with Crippen LogP contribution in [0, 0.1) is 0 Å². The van der Waals surface area contributed by atoms with Crippen LogP contribution in [-0.2, 0) is 27.2 Å². The van der Waals surface area contributed by atoms with Crippen molar-refractivity contribution in [3.8, 4) is 11.4 Å². The highest BCUT2D eigenvalue weighted by molar-refractivity contribution is 9.10. The van der Waals surface area contributed by atoms with Crippen LogP contribution in [0.5, 0.6) is 0 Å². The molecule has 0 atom stereocenters. The summed E-state index contributed by atoms with van der Waals surface area (Å²) in [6, 6.07) is 7.74. The predicted octanol–water partition coefficient (Wildman–Crippen LogP) is 3.94. The number of rotatable bonds is 7. The third kappa shape index (κ3) is 6.99. The molecule has 8 heteroatoms. The minimum Gasteiger partial charge on any atom is -0.466 e. The molecule has 0 aliphatic carbocycles. The summed E-state index contributed by atoms with van der Waals surface area (Å²) >= 11 is 3.42. The van der Waals surface area contributed by atoms with Gasteiger partial charge in [0, 0.05) is 29.3 Å². The number of benzene rings is 1. The Morgan fingerprint density at radius 2 is 1.89 bits per heavy atom. The molecule has 2 rings (SSSR count). The summed E-state index contributed by atoms with van der Waals surface area (Å²) in [5.74, 6) is 0.402. The van der Waals surface area contributed by atoms with Crippen LogP contribution in [0.3, 0.4) is 0 Å². The van der Waals surface area contributed by atoms with E-state index in [0.29, 0.717) is 25.4 Å². The van der Waals surface area contributed by atoms with Crippen molar-refractivity contribution in [3.05, 3.63) is 40.6 Å². The molecule has 7 nitrogen and oxygen atoms in total. The molecule has 0 saturated carbocycles. The summed E-state index contributed by atoms with van der Waals surface area (Å²) in [7, 11) is 0. The molecule has 0 spiro atoms. The number of nitrogens with zero attached hydrogens (tertiary/aromatic N) is 2. The van der Waals surface area contributed by atoms with E-state index in [1.54, 1.807) is 6.92 Å². The number of carbonyl (C=O) groups excluding carboxylic acids is 2.